The molecule has 0 fully saturated rings. The van der Waals surface area contributed by atoms with E-state index in [9.17, 15) is 0 Å². The molecule has 1 aromatic rings. The Labute approximate surface area is 91.2 Å². The number of nitrogens with zero attached hydrogens (tertiary/aromatic N) is 1. The highest BCUT2D eigenvalue weighted by atomic mass is 16.5. The summed E-state index contributed by atoms with van der Waals surface area (Å²) in [6, 6.07) is 1.97. The molecule has 0 aliphatic carbocycles. The van der Waals surface area contributed by atoms with E-state index >= 15 is 0 Å². The first-order valence-corrected chi connectivity index (χ1v) is 5.22. The second-order valence-corrected chi connectivity index (χ2v) is 3.60. The van der Waals surface area contributed by atoms with Crippen LogP contribution in [-0.4, -0.2) is 45.3 Å². The highest BCUT2D eigenvalue weighted by Crippen LogP contribution is 1.97. The monoisotopic (exact) mass is 212 g/mol. The van der Waals surface area contributed by atoms with Crippen molar-refractivity contribution in [2.24, 2.45) is 0 Å². The van der Waals surface area contributed by atoms with Crippen LogP contribution in [-0.2, 0) is 11.3 Å². The summed E-state index contributed by atoms with van der Waals surface area (Å²) in [5.41, 5.74) is 1.19. The number of nitrogens with one attached hydrogen (secondary N) is 1. The molecule has 4 nitrogen and oxygen atoms in total. The van der Waals surface area contributed by atoms with E-state index in [2.05, 4.69) is 17.3 Å². The van der Waals surface area contributed by atoms with E-state index in [-0.39, 0.29) is 0 Å². The lowest BCUT2D eigenvalue weighted by Gasteiger charge is -2.15. The van der Waals surface area contributed by atoms with Crippen LogP contribution in [0.1, 0.15) is 5.56 Å². The maximum absolute atomic E-state index is 5.00. The molecule has 1 aromatic heterocycles. The van der Waals surface area contributed by atoms with Crippen LogP contribution in [0, 0.1) is 0 Å². The van der Waals surface area contributed by atoms with Gasteiger partial charge >= 0.3 is 0 Å². The zero-order valence-electron chi connectivity index (χ0n) is 9.53. The van der Waals surface area contributed by atoms with E-state index in [4.69, 9.17) is 9.15 Å². The van der Waals surface area contributed by atoms with E-state index in [1.54, 1.807) is 19.6 Å². The lowest BCUT2D eigenvalue weighted by molar-refractivity contribution is 0.161. The third-order valence-electron chi connectivity index (χ3n) is 2.26. The second kappa shape index (κ2) is 7.45. The third kappa shape index (κ3) is 5.57. The van der Waals surface area contributed by atoms with Crippen LogP contribution in [0.25, 0.3) is 0 Å². The SMILES string of the molecule is COCCN(C)CCNCc1ccoc1. The Morgan fingerprint density at radius 1 is 1.47 bits per heavy atom. The van der Waals surface area contributed by atoms with Crippen LogP contribution >= 0.6 is 0 Å². The average molecular weight is 212 g/mol. The number of hydrogen-bond donors (Lipinski definition) is 1. The number of rotatable bonds is 8. The summed E-state index contributed by atoms with van der Waals surface area (Å²) in [6.45, 7) is 4.64. The molecule has 15 heavy (non-hydrogen) atoms. The first-order chi connectivity index (χ1) is 7.33. The van der Waals surface area contributed by atoms with Crippen LogP contribution < -0.4 is 5.32 Å². The van der Waals surface area contributed by atoms with Gasteiger partial charge < -0.3 is 19.4 Å². The summed E-state index contributed by atoms with van der Waals surface area (Å²) in [5, 5.41) is 3.35. The molecule has 0 aliphatic rings. The molecule has 0 amide bonds. The Kier molecular flexibility index (Phi) is 6.08. The predicted molar refractivity (Wildman–Crippen MR) is 59.8 cm³/mol. The van der Waals surface area contributed by atoms with Crippen molar-refractivity contribution in [2.45, 2.75) is 6.54 Å². The molecule has 0 radical (unpaired) electrons. The van der Waals surface area contributed by atoms with Crippen molar-refractivity contribution >= 4 is 0 Å². The Morgan fingerprint density at radius 2 is 2.33 bits per heavy atom. The Hall–Kier alpha value is -0.840. The summed E-state index contributed by atoms with van der Waals surface area (Å²) in [5.74, 6) is 0. The Bertz CT molecular complexity index is 237. The zero-order valence-corrected chi connectivity index (χ0v) is 9.53. The first kappa shape index (κ1) is 12.2. The van der Waals surface area contributed by atoms with Gasteiger partial charge in [0, 0.05) is 38.9 Å². The predicted octanol–water partition coefficient (Wildman–Crippen LogP) is 0.947. The summed E-state index contributed by atoms with van der Waals surface area (Å²) < 4.78 is 9.98. The van der Waals surface area contributed by atoms with Gasteiger partial charge in [0.2, 0.25) is 0 Å². The Balaban J connectivity index is 1.97. The molecule has 1 N–H and O–H groups in total. The van der Waals surface area contributed by atoms with Crippen molar-refractivity contribution in [1.82, 2.24) is 10.2 Å². The average Bonchev–Trinajstić information content (AvgIpc) is 2.74. The van der Waals surface area contributed by atoms with Gasteiger partial charge in [-0.2, -0.15) is 0 Å². The van der Waals surface area contributed by atoms with E-state index < -0.39 is 0 Å². The highest BCUT2D eigenvalue weighted by molar-refractivity contribution is 5.04. The van der Waals surface area contributed by atoms with Gasteiger partial charge in [-0.1, -0.05) is 0 Å². The van der Waals surface area contributed by atoms with Crippen molar-refractivity contribution in [3.8, 4) is 0 Å². The number of ether oxygens (including phenoxy) is 1. The van der Waals surface area contributed by atoms with Gasteiger partial charge in [-0.05, 0) is 13.1 Å². The molecular formula is C11H20N2O2. The molecule has 86 valence electrons. The maximum atomic E-state index is 5.00. The highest BCUT2D eigenvalue weighted by Gasteiger charge is 1.97. The number of methoxy groups -OCH3 is 1. The minimum Gasteiger partial charge on any atom is -0.472 e. The van der Waals surface area contributed by atoms with Gasteiger partial charge in [0.25, 0.3) is 0 Å². The van der Waals surface area contributed by atoms with Crippen LogP contribution in [0.2, 0.25) is 0 Å². The van der Waals surface area contributed by atoms with Gasteiger partial charge in [0.05, 0.1) is 19.1 Å². The maximum Gasteiger partial charge on any atom is 0.0947 e. The number of hydrogen-bond acceptors (Lipinski definition) is 4. The fourth-order valence-electron chi connectivity index (χ4n) is 1.25. The molecule has 0 saturated carbocycles. The van der Waals surface area contributed by atoms with Gasteiger partial charge in [0.15, 0.2) is 0 Å². The molecule has 0 aromatic carbocycles. The second-order valence-electron chi connectivity index (χ2n) is 3.60. The standard InChI is InChI=1S/C11H20N2O2/c1-13(6-8-14-2)5-4-12-9-11-3-7-15-10-11/h3,7,10,12H,4-6,8-9H2,1-2H3. The van der Waals surface area contributed by atoms with Crippen LogP contribution in [0.4, 0.5) is 0 Å². The lowest BCUT2D eigenvalue weighted by Crippen LogP contribution is -2.31. The van der Waals surface area contributed by atoms with Gasteiger partial charge in [0.1, 0.15) is 0 Å². The summed E-state index contributed by atoms with van der Waals surface area (Å²) in [7, 11) is 3.82. The molecule has 0 atom stereocenters. The zero-order chi connectivity index (χ0) is 10.9. The van der Waals surface area contributed by atoms with Crippen LogP contribution in [0.3, 0.4) is 0 Å². The molecule has 0 spiro atoms. The molecule has 1 heterocycles. The summed E-state index contributed by atoms with van der Waals surface area (Å²) in [6.07, 6.45) is 3.46. The Morgan fingerprint density at radius 3 is 3.00 bits per heavy atom. The fourth-order valence-corrected chi connectivity index (χ4v) is 1.25. The number of likely N-dealkylation sites (N-methyl/N-ethyl adjacent to an activating group) is 1. The molecule has 0 bridgehead atoms. The first-order valence-electron chi connectivity index (χ1n) is 5.22. The molecule has 0 unspecified atom stereocenters. The largest absolute Gasteiger partial charge is 0.472 e. The third-order valence-corrected chi connectivity index (χ3v) is 2.26. The van der Waals surface area contributed by atoms with Crippen molar-refractivity contribution in [1.29, 1.82) is 0 Å². The quantitative estimate of drug-likeness (QED) is 0.651. The minimum absolute atomic E-state index is 0.790. The number of furan rings is 1. The van der Waals surface area contributed by atoms with Crippen molar-refractivity contribution in [2.75, 3.05) is 40.4 Å². The van der Waals surface area contributed by atoms with E-state index in [0.29, 0.717) is 0 Å². The van der Waals surface area contributed by atoms with Gasteiger partial charge in [-0.25, -0.2) is 0 Å². The summed E-state index contributed by atoms with van der Waals surface area (Å²) >= 11 is 0. The van der Waals surface area contributed by atoms with Crippen LogP contribution in [0.15, 0.2) is 23.0 Å². The molecule has 0 aliphatic heterocycles. The van der Waals surface area contributed by atoms with Crippen LogP contribution in [0.5, 0.6) is 0 Å². The van der Waals surface area contributed by atoms with Crippen molar-refractivity contribution in [3.63, 3.8) is 0 Å². The normalized spacial score (nSPS) is 11.1. The minimum atomic E-state index is 0.790. The molecule has 1 rings (SSSR count). The molecule has 0 saturated heterocycles. The van der Waals surface area contributed by atoms with E-state index in [1.807, 2.05) is 6.07 Å². The van der Waals surface area contributed by atoms with Gasteiger partial charge in [-0.3, -0.25) is 0 Å². The molecular weight excluding hydrogens is 192 g/mol. The smallest absolute Gasteiger partial charge is 0.0947 e. The topological polar surface area (TPSA) is 37.6 Å². The van der Waals surface area contributed by atoms with Gasteiger partial charge in [-0.15, -0.1) is 0 Å². The van der Waals surface area contributed by atoms with Crippen molar-refractivity contribution in [3.05, 3.63) is 24.2 Å². The van der Waals surface area contributed by atoms with E-state index in [0.717, 1.165) is 32.8 Å². The molecule has 4 heteroatoms. The van der Waals surface area contributed by atoms with Crippen molar-refractivity contribution < 1.29 is 9.15 Å². The summed E-state index contributed by atoms with van der Waals surface area (Å²) in [4.78, 5) is 2.24. The lowest BCUT2D eigenvalue weighted by atomic mass is 10.3. The van der Waals surface area contributed by atoms with E-state index in [1.165, 1.54) is 5.56 Å². The fraction of sp³-hybridized carbons (Fsp3) is 0.636.